The number of hydrogen-bond acceptors (Lipinski definition) is 0. The molecule has 40 heavy (non-hydrogen) atoms. The van der Waals surface area contributed by atoms with E-state index >= 15 is 0 Å². The van der Waals surface area contributed by atoms with Crippen LogP contribution in [0.3, 0.4) is 0 Å². The zero-order chi connectivity index (χ0) is 28.0. The van der Waals surface area contributed by atoms with Gasteiger partial charge in [-0.15, -0.1) is 0 Å². The van der Waals surface area contributed by atoms with E-state index in [9.17, 15) is 0 Å². The van der Waals surface area contributed by atoms with Crippen LogP contribution in [0.1, 0.15) is 114 Å². The minimum atomic E-state index is 1.08. The summed E-state index contributed by atoms with van der Waals surface area (Å²) < 4.78 is 1.09. The average Bonchev–Trinajstić information content (AvgIpc) is 2.98. The predicted molar refractivity (Wildman–Crippen MR) is 175 cm³/mol. The molecule has 1 nitrogen and oxygen atoms in total. The highest BCUT2D eigenvalue weighted by atomic mass is 15.3. The van der Waals surface area contributed by atoms with E-state index in [0.29, 0.717) is 0 Å². The second kappa shape index (κ2) is 20.3. The van der Waals surface area contributed by atoms with Gasteiger partial charge in [0.05, 0.1) is 6.54 Å². The van der Waals surface area contributed by atoms with Crippen LogP contribution in [0, 0.1) is 0 Å². The molecule has 0 fully saturated rings. The topological polar surface area (TPSA) is 0 Å². The van der Waals surface area contributed by atoms with Crippen molar-refractivity contribution in [2.75, 3.05) is 6.54 Å². The van der Waals surface area contributed by atoms with Crippen LogP contribution >= 0.6 is 0 Å². The van der Waals surface area contributed by atoms with Crippen molar-refractivity contribution in [3.63, 3.8) is 0 Å². The van der Waals surface area contributed by atoms with Crippen LogP contribution in [0.2, 0.25) is 0 Å². The van der Waals surface area contributed by atoms with Crippen molar-refractivity contribution >= 4 is 0 Å². The molecule has 3 rings (SSSR count). The van der Waals surface area contributed by atoms with E-state index in [1.54, 1.807) is 0 Å². The van der Waals surface area contributed by atoms with Crippen molar-refractivity contribution in [2.24, 2.45) is 0 Å². The highest BCUT2D eigenvalue weighted by Crippen LogP contribution is 2.26. The lowest BCUT2D eigenvalue weighted by Crippen LogP contribution is -2.46. The molecule has 0 radical (unpaired) electrons. The van der Waals surface area contributed by atoms with Crippen molar-refractivity contribution in [3.8, 4) is 0 Å². The molecule has 0 unspecified atom stereocenters. The second-order valence-electron chi connectivity index (χ2n) is 11.9. The Morgan fingerprint density at radius 3 is 1.18 bits per heavy atom. The van der Waals surface area contributed by atoms with Gasteiger partial charge in [-0.25, -0.2) is 0 Å². The molecular weight excluding hydrogens is 482 g/mol. The normalized spacial score (nSPS) is 11.8. The summed E-state index contributed by atoms with van der Waals surface area (Å²) in [6.07, 6.45) is 23.9. The van der Waals surface area contributed by atoms with Gasteiger partial charge in [0.1, 0.15) is 19.6 Å². The molecular formula is C39H56N+. The molecule has 0 aliphatic carbocycles. The van der Waals surface area contributed by atoms with Gasteiger partial charge < -0.3 is 4.48 Å². The molecule has 3 aromatic rings. The first-order chi connectivity index (χ1) is 19.8. The third kappa shape index (κ3) is 13.6. The summed E-state index contributed by atoms with van der Waals surface area (Å²) in [5.74, 6) is 0. The summed E-state index contributed by atoms with van der Waals surface area (Å²) in [7, 11) is 0. The van der Waals surface area contributed by atoms with E-state index < -0.39 is 0 Å². The first-order valence-corrected chi connectivity index (χ1v) is 16.4. The molecule has 0 heterocycles. The Morgan fingerprint density at radius 1 is 0.425 bits per heavy atom. The molecule has 0 bridgehead atoms. The number of unbranched alkanes of at least 4 members (excludes halogenated alkanes) is 12. The van der Waals surface area contributed by atoms with Gasteiger partial charge in [-0.3, -0.25) is 0 Å². The van der Waals surface area contributed by atoms with Crippen LogP contribution < -0.4 is 0 Å². The standard InChI is InChI=1S/C39H56N/c1-2-3-4-5-6-7-8-9-10-11-12-13-14-15-16-26-33-40(34-37-27-20-17-21-28-37,35-38-29-22-18-23-30-38)36-39-31-24-19-25-32-39/h5-6,17-25,27-32H,2-4,7-16,26,33-36H2,1H3/q+1/b6-5+. The van der Waals surface area contributed by atoms with E-state index in [4.69, 9.17) is 0 Å². The molecule has 0 spiro atoms. The first kappa shape index (κ1) is 31.9. The number of nitrogens with zero attached hydrogens (tertiary/aromatic N) is 1. The predicted octanol–water partition coefficient (Wildman–Crippen LogP) is 11.4. The van der Waals surface area contributed by atoms with Gasteiger partial charge in [0.25, 0.3) is 0 Å². The molecule has 3 aromatic carbocycles. The van der Waals surface area contributed by atoms with Crippen molar-refractivity contribution in [1.82, 2.24) is 0 Å². The Kier molecular flexibility index (Phi) is 16.2. The lowest BCUT2D eigenvalue weighted by atomic mass is 10.0. The van der Waals surface area contributed by atoms with E-state index in [1.165, 1.54) is 113 Å². The van der Waals surface area contributed by atoms with Crippen LogP contribution in [0.25, 0.3) is 0 Å². The number of quaternary nitrogens is 1. The molecule has 0 amide bonds. The van der Waals surface area contributed by atoms with Crippen LogP contribution in [-0.2, 0) is 19.6 Å². The van der Waals surface area contributed by atoms with Gasteiger partial charge in [0, 0.05) is 16.7 Å². The van der Waals surface area contributed by atoms with Crippen molar-refractivity contribution in [3.05, 3.63) is 120 Å². The summed E-state index contributed by atoms with van der Waals surface area (Å²) in [5.41, 5.74) is 4.34. The SMILES string of the molecule is CCCC/C=C/CCCCCCCCCCCC[N+](Cc1ccccc1)(Cc1ccccc1)Cc1ccccc1. The first-order valence-electron chi connectivity index (χ1n) is 16.4. The highest BCUT2D eigenvalue weighted by Gasteiger charge is 2.28. The van der Waals surface area contributed by atoms with Crippen LogP contribution in [0.15, 0.2) is 103 Å². The minimum absolute atomic E-state index is 1.08. The Labute approximate surface area is 246 Å². The Hall–Kier alpha value is -2.64. The fourth-order valence-electron chi connectivity index (χ4n) is 6.00. The minimum Gasteiger partial charge on any atom is -0.312 e. The van der Waals surface area contributed by atoms with E-state index in [2.05, 4.69) is 110 Å². The van der Waals surface area contributed by atoms with Gasteiger partial charge in [0.2, 0.25) is 0 Å². The van der Waals surface area contributed by atoms with Crippen LogP contribution in [0.4, 0.5) is 0 Å². The lowest BCUT2D eigenvalue weighted by molar-refractivity contribution is -0.966. The van der Waals surface area contributed by atoms with Gasteiger partial charge in [-0.1, -0.05) is 168 Å². The van der Waals surface area contributed by atoms with E-state index in [-0.39, 0.29) is 0 Å². The smallest absolute Gasteiger partial charge is 0.105 e. The van der Waals surface area contributed by atoms with Gasteiger partial charge in [0.15, 0.2) is 0 Å². The summed E-state index contributed by atoms with van der Waals surface area (Å²) in [6.45, 7) is 6.74. The fraction of sp³-hybridized carbons (Fsp3) is 0.487. The monoisotopic (exact) mass is 538 g/mol. The molecule has 216 valence electrons. The molecule has 0 saturated carbocycles. The summed E-state index contributed by atoms with van der Waals surface area (Å²) in [4.78, 5) is 0. The lowest BCUT2D eigenvalue weighted by Gasteiger charge is -2.39. The summed E-state index contributed by atoms with van der Waals surface area (Å²) in [5, 5.41) is 0. The largest absolute Gasteiger partial charge is 0.312 e. The molecule has 0 N–H and O–H groups in total. The van der Waals surface area contributed by atoms with Crippen LogP contribution in [-0.4, -0.2) is 11.0 Å². The number of allylic oxidation sites excluding steroid dienone is 2. The molecule has 0 saturated heterocycles. The summed E-state index contributed by atoms with van der Waals surface area (Å²) in [6, 6.07) is 33.5. The average molecular weight is 539 g/mol. The van der Waals surface area contributed by atoms with E-state index in [0.717, 1.165) is 24.1 Å². The molecule has 0 aliphatic rings. The summed E-state index contributed by atoms with van der Waals surface area (Å²) >= 11 is 0. The maximum absolute atomic E-state index is 2.41. The third-order valence-electron chi connectivity index (χ3n) is 8.23. The molecule has 0 aromatic heterocycles. The maximum atomic E-state index is 2.41. The van der Waals surface area contributed by atoms with Gasteiger partial charge in [-0.2, -0.15) is 0 Å². The number of hydrogen-bond donors (Lipinski definition) is 0. The van der Waals surface area contributed by atoms with Crippen molar-refractivity contribution < 1.29 is 4.48 Å². The number of benzene rings is 3. The third-order valence-corrected chi connectivity index (χ3v) is 8.23. The Balaban J connectivity index is 1.43. The Morgan fingerprint density at radius 2 is 0.775 bits per heavy atom. The molecule has 0 aliphatic heterocycles. The van der Waals surface area contributed by atoms with Crippen molar-refractivity contribution in [2.45, 2.75) is 116 Å². The van der Waals surface area contributed by atoms with Crippen molar-refractivity contribution in [1.29, 1.82) is 0 Å². The van der Waals surface area contributed by atoms with E-state index in [1.807, 2.05) is 0 Å². The highest BCUT2D eigenvalue weighted by molar-refractivity contribution is 5.17. The second-order valence-corrected chi connectivity index (χ2v) is 11.9. The quantitative estimate of drug-likeness (QED) is 0.0678. The fourth-order valence-corrected chi connectivity index (χ4v) is 6.00. The molecule has 0 atom stereocenters. The van der Waals surface area contributed by atoms with Gasteiger partial charge >= 0.3 is 0 Å². The van der Waals surface area contributed by atoms with Gasteiger partial charge in [-0.05, 0) is 32.1 Å². The number of rotatable bonds is 22. The Bertz CT molecular complexity index is 907. The zero-order valence-corrected chi connectivity index (χ0v) is 25.5. The zero-order valence-electron chi connectivity index (χ0n) is 25.5. The maximum Gasteiger partial charge on any atom is 0.105 e. The molecule has 1 heteroatoms. The van der Waals surface area contributed by atoms with Crippen LogP contribution in [0.5, 0.6) is 0 Å².